The third kappa shape index (κ3) is 20.0. The molecule has 2 unspecified atom stereocenters. The van der Waals surface area contributed by atoms with Crippen LogP contribution in [0.3, 0.4) is 0 Å². The predicted molar refractivity (Wildman–Crippen MR) is 217 cm³/mol. The summed E-state index contributed by atoms with van der Waals surface area (Å²) in [5.74, 6) is 0.461. The largest absolute Gasteiger partial charge is 0.490 e. The van der Waals surface area contributed by atoms with Crippen LogP contribution >= 0.6 is 8.46 Å². The molecule has 0 heterocycles. The second kappa shape index (κ2) is 31.8. The summed E-state index contributed by atoms with van der Waals surface area (Å²) in [5.41, 5.74) is 0. The first-order valence-electron chi connectivity index (χ1n) is 20.9. The lowest BCUT2D eigenvalue weighted by Crippen LogP contribution is -2.29. The minimum absolute atomic E-state index is 0.159. The Labute approximate surface area is 319 Å². The second-order valence-electron chi connectivity index (χ2n) is 14.0. The molecule has 0 fully saturated rings. The van der Waals surface area contributed by atoms with Crippen molar-refractivity contribution in [1.82, 2.24) is 0 Å². The SMILES string of the molecule is C=CC(=O)C(CCCCCCC)Oc1c(OCCCCCCCC)cc(P=O)c(OCCCCCCCC)c1OC(CCCCCCC)C(=O)C=C. The molecular formula is C44H73O7P. The zero-order chi connectivity index (χ0) is 38.2. The van der Waals surface area contributed by atoms with Crippen molar-refractivity contribution in [1.29, 1.82) is 0 Å². The molecule has 0 bridgehead atoms. The number of rotatable bonds is 37. The van der Waals surface area contributed by atoms with Crippen LogP contribution < -0.4 is 24.3 Å². The monoisotopic (exact) mass is 745 g/mol. The number of ketones is 2. The van der Waals surface area contributed by atoms with Crippen molar-refractivity contribution < 1.29 is 33.1 Å². The van der Waals surface area contributed by atoms with Gasteiger partial charge in [0.05, 0.1) is 18.5 Å². The first-order valence-corrected chi connectivity index (χ1v) is 21.7. The summed E-state index contributed by atoms with van der Waals surface area (Å²) in [6.07, 6.45) is 25.2. The Hall–Kier alpha value is -2.66. The molecule has 1 rings (SSSR count). The van der Waals surface area contributed by atoms with E-state index in [-0.39, 0.29) is 37.3 Å². The average Bonchev–Trinajstić information content (AvgIpc) is 3.16. The Morgan fingerprint density at radius 1 is 0.558 bits per heavy atom. The molecule has 0 saturated heterocycles. The quantitative estimate of drug-likeness (QED) is 0.0381. The van der Waals surface area contributed by atoms with E-state index in [1.54, 1.807) is 6.07 Å². The maximum absolute atomic E-state index is 13.3. The van der Waals surface area contributed by atoms with Gasteiger partial charge in [0.2, 0.25) is 11.5 Å². The Morgan fingerprint density at radius 3 is 1.37 bits per heavy atom. The molecule has 7 nitrogen and oxygen atoms in total. The maximum atomic E-state index is 13.3. The van der Waals surface area contributed by atoms with Crippen LogP contribution in [0.2, 0.25) is 0 Å². The minimum atomic E-state index is -0.856. The highest BCUT2D eigenvalue weighted by Gasteiger charge is 2.31. The third-order valence-corrected chi connectivity index (χ3v) is 9.96. The summed E-state index contributed by atoms with van der Waals surface area (Å²) in [4.78, 5) is 26.6. The molecule has 2 atom stereocenters. The molecule has 52 heavy (non-hydrogen) atoms. The maximum Gasteiger partial charge on any atom is 0.209 e. The van der Waals surface area contributed by atoms with Gasteiger partial charge in [0.15, 0.2) is 43.7 Å². The van der Waals surface area contributed by atoms with Gasteiger partial charge < -0.3 is 18.9 Å². The number of carbonyl (C=O) groups excluding carboxylic acids is 2. The smallest absolute Gasteiger partial charge is 0.209 e. The van der Waals surface area contributed by atoms with Gasteiger partial charge in [0, 0.05) is 6.07 Å². The molecule has 0 saturated carbocycles. The number of hydrogen-bond donors (Lipinski definition) is 0. The van der Waals surface area contributed by atoms with Crippen molar-refractivity contribution in [2.24, 2.45) is 0 Å². The topological polar surface area (TPSA) is 88.1 Å². The Balaban J connectivity index is 3.69. The minimum Gasteiger partial charge on any atom is -0.490 e. The van der Waals surface area contributed by atoms with E-state index in [0.29, 0.717) is 37.1 Å². The van der Waals surface area contributed by atoms with Crippen molar-refractivity contribution in [3.63, 3.8) is 0 Å². The zero-order valence-corrected chi connectivity index (χ0v) is 34.4. The molecule has 1 aromatic rings. The van der Waals surface area contributed by atoms with E-state index in [0.717, 1.165) is 103 Å². The summed E-state index contributed by atoms with van der Waals surface area (Å²) < 4.78 is 38.9. The van der Waals surface area contributed by atoms with Gasteiger partial charge in [0.1, 0.15) is 0 Å². The van der Waals surface area contributed by atoms with Crippen molar-refractivity contribution in [3.05, 3.63) is 31.4 Å². The van der Waals surface area contributed by atoms with Crippen molar-refractivity contribution in [2.45, 2.75) is 194 Å². The molecule has 0 spiro atoms. The summed E-state index contributed by atoms with van der Waals surface area (Å²) in [5, 5.41) is 0.352. The van der Waals surface area contributed by atoms with Gasteiger partial charge >= 0.3 is 0 Å². The molecule has 0 aliphatic heterocycles. The normalized spacial score (nSPS) is 12.3. The first kappa shape index (κ1) is 47.4. The van der Waals surface area contributed by atoms with Crippen molar-refractivity contribution in [2.75, 3.05) is 13.2 Å². The summed E-state index contributed by atoms with van der Waals surface area (Å²) in [7, 11) is -0.280. The molecular weight excluding hydrogens is 671 g/mol. The Morgan fingerprint density at radius 2 is 0.942 bits per heavy atom. The summed E-state index contributed by atoms with van der Waals surface area (Å²) in [6.45, 7) is 17.1. The van der Waals surface area contributed by atoms with Gasteiger partial charge in [-0.05, 0) is 50.7 Å². The van der Waals surface area contributed by atoms with Crippen LogP contribution in [0.4, 0.5) is 0 Å². The summed E-state index contributed by atoms with van der Waals surface area (Å²) >= 11 is 0. The lowest BCUT2D eigenvalue weighted by Gasteiger charge is -2.26. The predicted octanol–water partition coefficient (Wildman–Crippen LogP) is 12.8. The molecule has 0 aliphatic rings. The third-order valence-electron chi connectivity index (χ3n) is 9.43. The lowest BCUT2D eigenvalue weighted by atomic mass is 10.0. The van der Waals surface area contributed by atoms with E-state index in [9.17, 15) is 14.2 Å². The molecule has 0 aliphatic carbocycles. The molecule has 0 amide bonds. The van der Waals surface area contributed by atoms with E-state index < -0.39 is 12.2 Å². The van der Waals surface area contributed by atoms with Crippen LogP contribution in [-0.4, -0.2) is 37.0 Å². The number of carbonyl (C=O) groups is 2. The fourth-order valence-corrected chi connectivity index (χ4v) is 6.59. The van der Waals surface area contributed by atoms with E-state index in [2.05, 4.69) is 40.9 Å². The fourth-order valence-electron chi connectivity index (χ4n) is 6.17. The van der Waals surface area contributed by atoms with Crippen LogP contribution in [0, 0.1) is 0 Å². The first-order chi connectivity index (χ1) is 25.4. The van der Waals surface area contributed by atoms with Gasteiger partial charge in [-0.2, -0.15) is 0 Å². The van der Waals surface area contributed by atoms with Crippen LogP contribution in [0.5, 0.6) is 23.0 Å². The highest BCUT2D eigenvalue weighted by atomic mass is 31.1. The van der Waals surface area contributed by atoms with Crippen LogP contribution in [0.15, 0.2) is 31.4 Å². The van der Waals surface area contributed by atoms with E-state index in [1.165, 1.54) is 50.7 Å². The standard InChI is InChI=1S/C44H73O7P/c1-7-13-17-21-25-29-33-48-40-35-41(52-47)43(49-34-30-26-22-18-14-8-2)44(51-39(37(46)12-6)32-28-24-20-16-10-4)42(40)50-38(36(45)11-5)31-27-23-19-15-9-3/h11-12,35,38-39H,5-10,13-34H2,1-4H3. The highest BCUT2D eigenvalue weighted by molar-refractivity contribution is 7.34. The van der Waals surface area contributed by atoms with Gasteiger partial charge in [0.25, 0.3) is 0 Å². The average molecular weight is 745 g/mol. The van der Waals surface area contributed by atoms with E-state index in [1.807, 2.05) is 0 Å². The van der Waals surface area contributed by atoms with Gasteiger partial charge in [-0.3, -0.25) is 14.2 Å². The number of unbranched alkanes of at least 4 members (excludes halogenated alkanes) is 18. The number of hydrogen-bond acceptors (Lipinski definition) is 7. The Bertz CT molecular complexity index is 1130. The van der Waals surface area contributed by atoms with E-state index in [4.69, 9.17) is 18.9 Å². The summed E-state index contributed by atoms with van der Waals surface area (Å²) in [6, 6.07) is 1.68. The van der Waals surface area contributed by atoms with E-state index >= 15 is 0 Å². The second-order valence-corrected chi connectivity index (χ2v) is 14.7. The molecule has 8 heteroatoms. The molecule has 296 valence electrons. The number of ether oxygens (including phenoxy) is 4. The van der Waals surface area contributed by atoms with Crippen molar-refractivity contribution in [3.8, 4) is 23.0 Å². The van der Waals surface area contributed by atoms with Gasteiger partial charge in [-0.25, -0.2) is 0 Å². The van der Waals surface area contributed by atoms with Crippen LogP contribution in [0.25, 0.3) is 0 Å². The molecule has 0 N–H and O–H groups in total. The van der Waals surface area contributed by atoms with Crippen LogP contribution in [-0.2, 0) is 14.2 Å². The lowest BCUT2D eigenvalue weighted by molar-refractivity contribution is -0.122. The molecule has 0 radical (unpaired) electrons. The van der Waals surface area contributed by atoms with Gasteiger partial charge in [-0.15, -0.1) is 0 Å². The Kier molecular flexibility index (Phi) is 29.0. The molecule has 0 aromatic heterocycles. The zero-order valence-electron chi connectivity index (χ0n) is 33.5. The highest BCUT2D eigenvalue weighted by Crippen LogP contribution is 2.47. The van der Waals surface area contributed by atoms with Gasteiger partial charge in [-0.1, -0.05) is 156 Å². The number of benzene rings is 1. The molecule has 1 aromatic carbocycles. The fraction of sp³-hybridized carbons (Fsp3) is 0.727. The van der Waals surface area contributed by atoms with Crippen molar-refractivity contribution >= 4 is 25.3 Å². The van der Waals surface area contributed by atoms with Crippen LogP contribution in [0.1, 0.15) is 182 Å².